The van der Waals surface area contributed by atoms with E-state index in [2.05, 4.69) is 5.32 Å². The van der Waals surface area contributed by atoms with E-state index in [1.54, 1.807) is 6.07 Å². The SMILES string of the molecule is CC1(C)OB(c2cc3c(cc2Cl)NC(=O)CC3)OC1(C)C. The van der Waals surface area contributed by atoms with Gasteiger partial charge in [-0.25, -0.2) is 0 Å². The Morgan fingerprint density at radius 3 is 2.38 bits per heavy atom. The molecule has 0 saturated carbocycles. The van der Waals surface area contributed by atoms with Gasteiger partial charge in [0, 0.05) is 22.6 Å². The summed E-state index contributed by atoms with van der Waals surface area (Å²) < 4.78 is 12.1. The number of carbonyl (C=O) groups is 1. The van der Waals surface area contributed by atoms with E-state index >= 15 is 0 Å². The summed E-state index contributed by atoms with van der Waals surface area (Å²) in [6.45, 7) is 8.05. The molecule has 2 heterocycles. The summed E-state index contributed by atoms with van der Waals surface area (Å²) in [5.74, 6) is 0.0296. The molecule has 0 unspecified atom stereocenters. The summed E-state index contributed by atoms with van der Waals surface area (Å²) in [6, 6.07) is 3.77. The minimum Gasteiger partial charge on any atom is -0.399 e. The zero-order chi connectivity index (χ0) is 15.4. The highest BCUT2D eigenvalue weighted by molar-refractivity contribution is 6.65. The first-order chi connectivity index (χ1) is 9.69. The zero-order valence-corrected chi connectivity index (χ0v) is 13.5. The van der Waals surface area contributed by atoms with Crippen LogP contribution < -0.4 is 10.8 Å². The molecular weight excluding hydrogens is 288 g/mol. The Morgan fingerprint density at radius 2 is 1.76 bits per heavy atom. The van der Waals surface area contributed by atoms with Crippen molar-refractivity contribution < 1.29 is 14.1 Å². The maximum atomic E-state index is 11.4. The van der Waals surface area contributed by atoms with Gasteiger partial charge in [-0.15, -0.1) is 0 Å². The standard InChI is InChI=1S/C15H19BClNO3/c1-14(2)15(3,4)21-16(20-14)10-7-9-5-6-13(19)18-12(9)8-11(10)17/h7-8H,5-6H2,1-4H3,(H,18,19). The molecule has 2 aliphatic rings. The smallest absolute Gasteiger partial charge is 0.399 e. The maximum Gasteiger partial charge on any atom is 0.496 e. The molecule has 0 bridgehead atoms. The van der Waals surface area contributed by atoms with Gasteiger partial charge in [0.05, 0.1) is 11.2 Å². The number of carbonyl (C=O) groups excluding carboxylic acids is 1. The second kappa shape index (κ2) is 4.73. The molecule has 1 fully saturated rings. The molecule has 0 atom stereocenters. The van der Waals surface area contributed by atoms with Crippen LogP contribution in [0.3, 0.4) is 0 Å². The molecule has 0 radical (unpaired) electrons. The Kier molecular flexibility index (Phi) is 3.35. The minimum atomic E-state index is -0.481. The van der Waals surface area contributed by atoms with Gasteiger partial charge in [0.2, 0.25) is 5.91 Å². The van der Waals surface area contributed by atoms with Crippen LogP contribution >= 0.6 is 11.6 Å². The number of benzene rings is 1. The molecule has 112 valence electrons. The minimum absolute atomic E-state index is 0.0296. The molecule has 2 aliphatic heterocycles. The fourth-order valence-electron chi connectivity index (χ4n) is 2.57. The lowest BCUT2D eigenvalue weighted by Crippen LogP contribution is -2.41. The lowest BCUT2D eigenvalue weighted by Gasteiger charge is -2.32. The summed E-state index contributed by atoms with van der Waals surface area (Å²) in [4.78, 5) is 11.4. The average molecular weight is 308 g/mol. The molecule has 3 rings (SSSR count). The van der Waals surface area contributed by atoms with Gasteiger partial charge in [-0.05, 0) is 45.7 Å². The Balaban J connectivity index is 1.96. The van der Waals surface area contributed by atoms with E-state index in [0.29, 0.717) is 17.9 Å². The largest absolute Gasteiger partial charge is 0.496 e. The molecule has 1 aromatic carbocycles. The van der Waals surface area contributed by atoms with E-state index < -0.39 is 18.3 Å². The molecule has 1 N–H and O–H groups in total. The Hall–Kier alpha value is -1.04. The van der Waals surface area contributed by atoms with Gasteiger partial charge in [-0.2, -0.15) is 0 Å². The molecule has 21 heavy (non-hydrogen) atoms. The molecule has 6 heteroatoms. The van der Waals surface area contributed by atoms with Crippen LogP contribution in [0.4, 0.5) is 5.69 Å². The first kappa shape index (κ1) is 14.9. The van der Waals surface area contributed by atoms with Crippen molar-refractivity contribution >= 4 is 35.8 Å². The monoisotopic (exact) mass is 307 g/mol. The zero-order valence-electron chi connectivity index (χ0n) is 12.7. The van der Waals surface area contributed by atoms with Gasteiger partial charge < -0.3 is 14.6 Å². The van der Waals surface area contributed by atoms with E-state index in [1.165, 1.54) is 0 Å². The van der Waals surface area contributed by atoms with Crippen LogP contribution in [0.15, 0.2) is 12.1 Å². The first-order valence-electron chi connectivity index (χ1n) is 7.17. The van der Waals surface area contributed by atoms with Crippen molar-refractivity contribution in [2.45, 2.75) is 51.7 Å². The van der Waals surface area contributed by atoms with Gasteiger partial charge in [0.15, 0.2) is 0 Å². The third kappa shape index (κ3) is 2.47. The van der Waals surface area contributed by atoms with Gasteiger partial charge >= 0.3 is 7.12 Å². The quantitative estimate of drug-likeness (QED) is 0.811. The number of nitrogens with one attached hydrogen (secondary N) is 1. The lowest BCUT2D eigenvalue weighted by atomic mass is 9.77. The Morgan fingerprint density at radius 1 is 1.14 bits per heavy atom. The number of aryl methyl sites for hydroxylation is 1. The predicted octanol–water partition coefficient (Wildman–Crippen LogP) is 2.52. The summed E-state index contributed by atoms with van der Waals surface area (Å²) in [5, 5.41) is 3.40. The third-order valence-corrected chi connectivity index (χ3v) is 4.95. The number of amides is 1. The van der Waals surface area contributed by atoms with E-state index in [1.807, 2.05) is 33.8 Å². The van der Waals surface area contributed by atoms with Crippen LogP contribution in [0.5, 0.6) is 0 Å². The molecule has 1 amide bonds. The normalized spacial score (nSPS) is 22.9. The molecule has 1 aromatic rings. The van der Waals surface area contributed by atoms with E-state index in [4.69, 9.17) is 20.9 Å². The van der Waals surface area contributed by atoms with Crippen LogP contribution in [0, 0.1) is 0 Å². The molecule has 0 aliphatic carbocycles. The molecule has 1 saturated heterocycles. The van der Waals surface area contributed by atoms with Crippen molar-refractivity contribution in [2.24, 2.45) is 0 Å². The second-order valence-electron chi connectivity index (χ2n) is 6.67. The van der Waals surface area contributed by atoms with Crippen LogP contribution in [0.25, 0.3) is 0 Å². The maximum absolute atomic E-state index is 11.4. The van der Waals surface area contributed by atoms with Crippen molar-refractivity contribution in [2.75, 3.05) is 5.32 Å². The van der Waals surface area contributed by atoms with Crippen LogP contribution in [-0.4, -0.2) is 24.2 Å². The molecule has 4 nitrogen and oxygen atoms in total. The van der Waals surface area contributed by atoms with Gasteiger partial charge in [-0.3, -0.25) is 4.79 Å². The number of halogens is 1. The highest BCUT2D eigenvalue weighted by atomic mass is 35.5. The van der Waals surface area contributed by atoms with Crippen LogP contribution in [-0.2, 0) is 20.5 Å². The van der Waals surface area contributed by atoms with Gasteiger partial charge in [0.25, 0.3) is 0 Å². The lowest BCUT2D eigenvalue weighted by molar-refractivity contribution is -0.116. The fourth-order valence-corrected chi connectivity index (χ4v) is 2.82. The Bertz CT molecular complexity index is 599. The number of anilines is 1. The van der Waals surface area contributed by atoms with Crippen molar-refractivity contribution in [3.05, 3.63) is 22.7 Å². The van der Waals surface area contributed by atoms with Crippen LogP contribution in [0.1, 0.15) is 39.7 Å². The molecular formula is C15H19BClNO3. The summed E-state index contributed by atoms with van der Waals surface area (Å²) in [5.41, 5.74) is 1.89. The number of hydrogen-bond donors (Lipinski definition) is 1. The topological polar surface area (TPSA) is 47.6 Å². The number of fused-ring (bicyclic) bond motifs is 1. The third-order valence-electron chi connectivity index (χ3n) is 4.63. The number of rotatable bonds is 1. The first-order valence-corrected chi connectivity index (χ1v) is 7.55. The predicted molar refractivity (Wildman–Crippen MR) is 84.1 cm³/mol. The van der Waals surface area contributed by atoms with E-state index in [0.717, 1.165) is 16.7 Å². The summed E-state index contributed by atoms with van der Waals surface area (Å²) in [6.07, 6.45) is 1.21. The highest BCUT2D eigenvalue weighted by Gasteiger charge is 2.52. The van der Waals surface area contributed by atoms with E-state index in [9.17, 15) is 4.79 Å². The van der Waals surface area contributed by atoms with Crippen molar-refractivity contribution in [3.8, 4) is 0 Å². The van der Waals surface area contributed by atoms with E-state index in [-0.39, 0.29) is 5.91 Å². The Labute approximate surface area is 130 Å². The van der Waals surface area contributed by atoms with Gasteiger partial charge in [0.1, 0.15) is 0 Å². The molecule has 0 aromatic heterocycles. The summed E-state index contributed by atoms with van der Waals surface area (Å²) in [7, 11) is -0.481. The number of hydrogen-bond acceptors (Lipinski definition) is 3. The van der Waals surface area contributed by atoms with Gasteiger partial charge in [-0.1, -0.05) is 17.7 Å². The van der Waals surface area contributed by atoms with Crippen molar-refractivity contribution in [1.82, 2.24) is 0 Å². The second-order valence-corrected chi connectivity index (χ2v) is 7.07. The highest BCUT2D eigenvalue weighted by Crippen LogP contribution is 2.37. The fraction of sp³-hybridized carbons (Fsp3) is 0.533. The van der Waals surface area contributed by atoms with Crippen molar-refractivity contribution in [3.63, 3.8) is 0 Å². The molecule has 0 spiro atoms. The van der Waals surface area contributed by atoms with Crippen LogP contribution in [0.2, 0.25) is 5.02 Å². The summed E-state index contributed by atoms with van der Waals surface area (Å²) >= 11 is 6.36. The average Bonchev–Trinajstić information content (AvgIpc) is 2.57. The van der Waals surface area contributed by atoms with Crippen molar-refractivity contribution in [1.29, 1.82) is 0 Å².